The normalized spacial score (nSPS) is 9.09. The summed E-state index contributed by atoms with van der Waals surface area (Å²) in [6.45, 7) is 1.24. The van der Waals surface area contributed by atoms with Crippen LogP contribution in [0.25, 0.3) is 0 Å². The number of hydrogen-bond acceptors (Lipinski definition) is 4. The van der Waals surface area contributed by atoms with E-state index in [1.54, 1.807) is 17.1 Å². The maximum Gasteiger partial charge on any atom is 0.234 e. The van der Waals surface area contributed by atoms with Gasteiger partial charge in [0, 0.05) is 12.7 Å². The molecule has 0 bridgehead atoms. The highest BCUT2D eigenvalue weighted by molar-refractivity contribution is 5.32. The first-order valence-corrected chi connectivity index (χ1v) is 3.31. The van der Waals surface area contributed by atoms with Crippen molar-refractivity contribution in [1.82, 2.24) is 15.0 Å². The minimum absolute atomic E-state index is 0.503. The molecular weight excluding hydrogens is 144 g/mol. The molecule has 5 nitrogen and oxygen atoms in total. The second kappa shape index (κ2) is 4.35. The average Bonchev–Trinajstić information content (AvgIpc) is 2.50. The van der Waals surface area contributed by atoms with E-state index >= 15 is 0 Å². The Morgan fingerprint density at radius 3 is 3.18 bits per heavy atom. The summed E-state index contributed by atoms with van der Waals surface area (Å²) in [6.07, 6.45) is 5.65. The Balaban J connectivity index is 2.18. The number of aliphatic imine (C=N–C) groups is 1. The molecule has 1 aromatic rings. The molecule has 1 aromatic heterocycles. The van der Waals surface area contributed by atoms with Crippen LogP contribution in [0.2, 0.25) is 0 Å². The molecule has 0 saturated carbocycles. The van der Waals surface area contributed by atoms with Crippen molar-refractivity contribution < 1.29 is 4.79 Å². The summed E-state index contributed by atoms with van der Waals surface area (Å²) in [7, 11) is 0. The zero-order valence-electron chi connectivity index (χ0n) is 5.97. The molecule has 58 valence electrons. The number of rotatable bonds is 4. The molecule has 0 aliphatic carbocycles. The topological polar surface area (TPSA) is 60.1 Å². The lowest BCUT2D eigenvalue weighted by Gasteiger charge is -1.94. The van der Waals surface area contributed by atoms with Crippen molar-refractivity contribution in [2.45, 2.75) is 13.0 Å². The molecule has 11 heavy (non-hydrogen) atoms. The van der Waals surface area contributed by atoms with E-state index in [4.69, 9.17) is 0 Å². The average molecular weight is 152 g/mol. The highest BCUT2D eigenvalue weighted by atomic mass is 16.1. The third-order valence-electron chi connectivity index (χ3n) is 1.19. The molecule has 0 radical (unpaired) electrons. The number of hydrogen-bond donors (Lipinski definition) is 0. The Labute approximate surface area is 63.7 Å². The van der Waals surface area contributed by atoms with E-state index in [0.29, 0.717) is 6.54 Å². The van der Waals surface area contributed by atoms with Gasteiger partial charge < -0.3 is 0 Å². The minimum atomic E-state index is 0.503. The molecule has 0 spiro atoms. The van der Waals surface area contributed by atoms with Gasteiger partial charge in [0.1, 0.15) is 0 Å². The van der Waals surface area contributed by atoms with Crippen LogP contribution in [-0.4, -0.2) is 27.6 Å². The van der Waals surface area contributed by atoms with Crippen LogP contribution < -0.4 is 0 Å². The van der Waals surface area contributed by atoms with E-state index < -0.39 is 0 Å². The smallest absolute Gasteiger partial charge is 0.234 e. The zero-order chi connectivity index (χ0) is 7.94. The molecule has 0 unspecified atom stereocenters. The maximum atomic E-state index is 9.64. The first-order chi connectivity index (χ1) is 5.43. The van der Waals surface area contributed by atoms with Gasteiger partial charge in [-0.2, -0.15) is 0 Å². The van der Waals surface area contributed by atoms with Crippen molar-refractivity contribution in [1.29, 1.82) is 0 Å². The van der Waals surface area contributed by atoms with Gasteiger partial charge in [-0.3, -0.25) is 4.68 Å². The van der Waals surface area contributed by atoms with E-state index in [2.05, 4.69) is 15.3 Å². The monoisotopic (exact) mass is 152 g/mol. The second-order valence-electron chi connectivity index (χ2n) is 1.99. The molecule has 0 aliphatic heterocycles. The van der Waals surface area contributed by atoms with Crippen molar-refractivity contribution >= 4 is 6.08 Å². The fraction of sp³-hybridized carbons (Fsp3) is 0.500. The molecule has 0 aromatic carbocycles. The van der Waals surface area contributed by atoms with Crippen LogP contribution in [0.4, 0.5) is 0 Å². The van der Waals surface area contributed by atoms with Gasteiger partial charge in [-0.25, -0.2) is 9.79 Å². The number of carbonyl (C=O) groups excluding carboxylic acids is 1. The van der Waals surface area contributed by atoms with Crippen molar-refractivity contribution in [3.05, 3.63) is 12.4 Å². The SMILES string of the molecule is O=C=NCCCn1ccnn1. The maximum absolute atomic E-state index is 9.64. The largest absolute Gasteiger partial charge is 0.253 e. The summed E-state index contributed by atoms with van der Waals surface area (Å²) in [6, 6.07) is 0. The van der Waals surface area contributed by atoms with Gasteiger partial charge in [-0.05, 0) is 6.42 Å². The first kappa shape index (κ1) is 7.63. The van der Waals surface area contributed by atoms with Crippen LogP contribution in [0.5, 0.6) is 0 Å². The predicted molar refractivity (Wildman–Crippen MR) is 37.6 cm³/mol. The molecule has 5 heteroatoms. The van der Waals surface area contributed by atoms with Gasteiger partial charge >= 0.3 is 0 Å². The second-order valence-corrected chi connectivity index (χ2v) is 1.99. The summed E-state index contributed by atoms with van der Waals surface area (Å²) in [5.41, 5.74) is 0. The molecule has 1 heterocycles. The molecule has 1 rings (SSSR count). The van der Waals surface area contributed by atoms with Crippen LogP contribution in [-0.2, 0) is 11.3 Å². The molecule has 0 aliphatic rings. The Morgan fingerprint density at radius 2 is 2.55 bits per heavy atom. The first-order valence-electron chi connectivity index (χ1n) is 3.31. The van der Waals surface area contributed by atoms with Crippen LogP contribution >= 0.6 is 0 Å². The Bertz CT molecular complexity index is 237. The van der Waals surface area contributed by atoms with Gasteiger partial charge in [0.2, 0.25) is 6.08 Å². The lowest BCUT2D eigenvalue weighted by atomic mass is 10.4. The van der Waals surface area contributed by atoms with Crippen molar-refractivity contribution in [3.63, 3.8) is 0 Å². The van der Waals surface area contributed by atoms with Gasteiger partial charge in [0.15, 0.2) is 0 Å². The highest BCUT2D eigenvalue weighted by Crippen LogP contribution is 1.86. The standard InChI is InChI=1S/C6H8N4O/c11-6-7-2-1-4-10-5-3-8-9-10/h3,5H,1-2,4H2. The zero-order valence-corrected chi connectivity index (χ0v) is 5.97. The van der Waals surface area contributed by atoms with Crippen LogP contribution in [0.3, 0.4) is 0 Å². The summed E-state index contributed by atoms with van der Waals surface area (Å²) < 4.78 is 1.69. The summed E-state index contributed by atoms with van der Waals surface area (Å²) >= 11 is 0. The van der Waals surface area contributed by atoms with Crippen LogP contribution in [0, 0.1) is 0 Å². The van der Waals surface area contributed by atoms with E-state index in [1.165, 1.54) is 6.08 Å². The van der Waals surface area contributed by atoms with E-state index in [9.17, 15) is 4.79 Å². The summed E-state index contributed by atoms with van der Waals surface area (Å²) in [5, 5.41) is 7.37. The molecular formula is C6H8N4O. The third-order valence-corrected chi connectivity index (χ3v) is 1.19. The Morgan fingerprint density at radius 1 is 1.64 bits per heavy atom. The van der Waals surface area contributed by atoms with Gasteiger partial charge in [0.25, 0.3) is 0 Å². The number of nitrogens with zero attached hydrogens (tertiary/aromatic N) is 4. The van der Waals surface area contributed by atoms with Gasteiger partial charge in [-0.1, -0.05) is 5.21 Å². The lowest BCUT2D eigenvalue weighted by molar-refractivity contribution is 0.550. The minimum Gasteiger partial charge on any atom is -0.253 e. The molecule has 0 amide bonds. The highest BCUT2D eigenvalue weighted by Gasteiger charge is 1.89. The van der Waals surface area contributed by atoms with E-state index in [-0.39, 0.29) is 0 Å². The summed E-state index contributed by atoms with van der Waals surface area (Å²) in [4.78, 5) is 13.0. The molecule has 0 saturated heterocycles. The van der Waals surface area contributed by atoms with E-state index in [0.717, 1.165) is 13.0 Å². The van der Waals surface area contributed by atoms with Gasteiger partial charge in [0.05, 0.1) is 12.7 Å². The molecule has 0 N–H and O–H groups in total. The number of aryl methyl sites for hydroxylation is 1. The van der Waals surface area contributed by atoms with Crippen molar-refractivity contribution in [3.8, 4) is 0 Å². The Kier molecular flexibility index (Phi) is 3.02. The van der Waals surface area contributed by atoms with Crippen molar-refractivity contribution in [2.75, 3.05) is 6.54 Å². The van der Waals surface area contributed by atoms with Crippen LogP contribution in [0.15, 0.2) is 17.4 Å². The molecule has 0 fully saturated rings. The Hall–Kier alpha value is -1.48. The fourth-order valence-corrected chi connectivity index (χ4v) is 0.709. The van der Waals surface area contributed by atoms with Crippen molar-refractivity contribution in [2.24, 2.45) is 4.99 Å². The lowest BCUT2D eigenvalue weighted by Crippen LogP contribution is -1.99. The van der Waals surface area contributed by atoms with Crippen LogP contribution in [0.1, 0.15) is 6.42 Å². The van der Waals surface area contributed by atoms with Gasteiger partial charge in [-0.15, -0.1) is 5.10 Å². The number of aromatic nitrogens is 3. The fourth-order valence-electron chi connectivity index (χ4n) is 0.709. The quantitative estimate of drug-likeness (QED) is 0.346. The number of isocyanates is 1. The molecule has 0 atom stereocenters. The predicted octanol–water partition coefficient (Wildman–Crippen LogP) is 0.00400. The van der Waals surface area contributed by atoms with E-state index in [1.807, 2.05) is 0 Å². The summed E-state index contributed by atoms with van der Waals surface area (Å²) in [5.74, 6) is 0. The third kappa shape index (κ3) is 2.73.